The summed E-state index contributed by atoms with van der Waals surface area (Å²) in [4.78, 5) is 12.3. The lowest BCUT2D eigenvalue weighted by atomic mass is 9.85. The van der Waals surface area contributed by atoms with E-state index in [1.807, 2.05) is 24.3 Å². The summed E-state index contributed by atoms with van der Waals surface area (Å²) in [7, 11) is 1.63. The Bertz CT molecular complexity index is 610. The smallest absolute Gasteiger partial charge is 0.171 e. The summed E-state index contributed by atoms with van der Waals surface area (Å²) in [5.74, 6) is 0.973. The standard InChI is InChI=1S/C15H16N2O2S/c1-19-10-5-2-4-9(8-10)14-13-11(16-15(20)17-14)6-3-7-12(13)18/h2,4-5,8,14H,3,6-7H2,1H3,(H2,16,17,20)/t14-/m1/s1. The minimum Gasteiger partial charge on any atom is -0.497 e. The van der Waals surface area contributed by atoms with Crippen molar-refractivity contribution in [2.75, 3.05) is 7.11 Å². The Balaban J connectivity index is 2.05. The SMILES string of the molecule is COc1cccc([C@H]2NC(=S)NC3=C2C(=O)CCC3)c1. The lowest BCUT2D eigenvalue weighted by Crippen LogP contribution is -2.46. The molecule has 4 nitrogen and oxygen atoms in total. The molecule has 1 aromatic carbocycles. The van der Waals surface area contributed by atoms with Crippen molar-refractivity contribution in [2.45, 2.75) is 25.3 Å². The Morgan fingerprint density at radius 1 is 1.35 bits per heavy atom. The van der Waals surface area contributed by atoms with Gasteiger partial charge in [0, 0.05) is 17.7 Å². The third kappa shape index (κ3) is 2.29. The fraction of sp³-hybridized carbons (Fsp3) is 0.333. The number of nitrogens with one attached hydrogen (secondary N) is 2. The molecular formula is C15H16N2O2S. The third-order valence-electron chi connectivity index (χ3n) is 3.71. The van der Waals surface area contributed by atoms with Crippen LogP contribution in [0, 0.1) is 0 Å². The molecule has 2 N–H and O–H groups in total. The van der Waals surface area contributed by atoms with E-state index in [1.54, 1.807) is 7.11 Å². The van der Waals surface area contributed by atoms with Crippen LogP contribution in [-0.2, 0) is 4.79 Å². The van der Waals surface area contributed by atoms with Gasteiger partial charge in [0.15, 0.2) is 10.9 Å². The number of carbonyl (C=O) groups excluding carboxylic acids is 1. The number of ketones is 1. The number of methoxy groups -OCH3 is 1. The molecule has 0 unspecified atom stereocenters. The van der Waals surface area contributed by atoms with E-state index in [0.717, 1.165) is 35.4 Å². The van der Waals surface area contributed by atoms with Gasteiger partial charge in [-0.15, -0.1) is 0 Å². The van der Waals surface area contributed by atoms with Crippen molar-refractivity contribution in [3.63, 3.8) is 0 Å². The second kappa shape index (κ2) is 5.25. The molecule has 0 aromatic heterocycles. The van der Waals surface area contributed by atoms with Crippen LogP contribution in [0.15, 0.2) is 35.5 Å². The highest BCUT2D eigenvalue weighted by atomic mass is 32.1. The summed E-state index contributed by atoms with van der Waals surface area (Å²) >= 11 is 5.25. The Labute approximate surface area is 123 Å². The predicted octanol–water partition coefficient (Wildman–Crippen LogP) is 2.22. The van der Waals surface area contributed by atoms with E-state index in [1.165, 1.54) is 0 Å². The van der Waals surface area contributed by atoms with Crippen molar-refractivity contribution in [3.8, 4) is 5.75 Å². The number of hydrogen-bond donors (Lipinski definition) is 2. The molecule has 0 fully saturated rings. The number of Topliss-reactive ketones (excluding diaryl/α,β-unsaturated/α-hetero) is 1. The average Bonchev–Trinajstić information content (AvgIpc) is 2.46. The average molecular weight is 288 g/mol. The highest BCUT2D eigenvalue weighted by molar-refractivity contribution is 7.80. The zero-order chi connectivity index (χ0) is 14.1. The van der Waals surface area contributed by atoms with Crippen molar-refractivity contribution in [3.05, 3.63) is 41.1 Å². The number of carbonyl (C=O) groups is 1. The van der Waals surface area contributed by atoms with Gasteiger partial charge >= 0.3 is 0 Å². The van der Waals surface area contributed by atoms with Crippen molar-refractivity contribution < 1.29 is 9.53 Å². The Morgan fingerprint density at radius 3 is 3.00 bits per heavy atom. The van der Waals surface area contributed by atoms with Gasteiger partial charge in [0.1, 0.15) is 5.75 Å². The van der Waals surface area contributed by atoms with Gasteiger partial charge in [-0.05, 0) is 42.8 Å². The first kappa shape index (κ1) is 13.1. The topological polar surface area (TPSA) is 50.4 Å². The number of hydrogen-bond acceptors (Lipinski definition) is 3. The van der Waals surface area contributed by atoms with Crippen molar-refractivity contribution in [1.29, 1.82) is 0 Å². The van der Waals surface area contributed by atoms with Gasteiger partial charge in [-0.2, -0.15) is 0 Å². The van der Waals surface area contributed by atoms with Gasteiger partial charge < -0.3 is 15.4 Å². The third-order valence-corrected chi connectivity index (χ3v) is 3.93. The lowest BCUT2D eigenvalue weighted by molar-refractivity contribution is -0.116. The highest BCUT2D eigenvalue weighted by Crippen LogP contribution is 2.34. The fourth-order valence-electron chi connectivity index (χ4n) is 2.78. The molecule has 1 heterocycles. The van der Waals surface area contributed by atoms with Crippen molar-refractivity contribution in [1.82, 2.24) is 10.6 Å². The largest absolute Gasteiger partial charge is 0.497 e. The van der Waals surface area contributed by atoms with Gasteiger partial charge in [0.25, 0.3) is 0 Å². The molecule has 104 valence electrons. The number of thiocarbonyl (C=S) groups is 1. The predicted molar refractivity (Wildman–Crippen MR) is 80.5 cm³/mol. The van der Waals surface area contributed by atoms with Crippen LogP contribution in [0.4, 0.5) is 0 Å². The van der Waals surface area contributed by atoms with E-state index in [0.29, 0.717) is 11.5 Å². The van der Waals surface area contributed by atoms with Crippen LogP contribution in [-0.4, -0.2) is 18.0 Å². The number of rotatable bonds is 2. The van der Waals surface area contributed by atoms with Crippen LogP contribution in [0.3, 0.4) is 0 Å². The second-order valence-corrected chi connectivity index (χ2v) is 5.39. The summed E-state index contributed by atoms with van der Waals surface area (Å²) in [5, 5.41) is 6.90. The van der Waals surface area contributed by atoms with E-state index in [4.69, 9.17) is 17.0 Å². The normalized spacial score (nSPS) is 21.9. The van der Waals surface area contributed by atoms with Crippen LogP contribution < -0.4 is 15.4 Å². The van der Waals surface area contributed by atoms with Crippen LogP contribution >= 0.6 is 12.2 Å². The summed E-state index contributed by atoms with van der Waals surface area (Å²) < 4.78 is 5.26. The number of ether oxygens (including phenoxy) is 1. The van der Waals surface area contributed by atoms with Gasteiger partial charge in [-0.3, -0.25) is 4.79 Å². The molecule has 1 atom stereocenters. The molecule has 0 radical (unpaired) electrons. The number of allylic oxidation sites excluding steroid dienone is 1. The molecule has 1 aliphatic carbocycles. The maximum absolute atomic E-state index is 12.3. The molecule has 20 heavy (non-hydrogen) atoms. The first-order chi connectivity index (χ1) is 9.69. The summed E-state index contributed by atoms with van der Waals surface area (Å²) in [6.45, 7) is 0. The second-order valence-electron chi connectivity index (χ2n) is 4.98. The molecule has 0 spiro atoms. The molecule has 0 saturated heterocycles. The van der Waals surface area contributed by atoms with E-state index >= 15 is 0 Å². The van der Waals surface area contributed by atoms with Crippen LogP contribution in [0.1, 0.15) is 30.9 Å². The minimum absolute atomic E-state index is 0.179. The zero-order valence-corrected chi connectivity index (χ0v) is 12.0. The molecule has 0 saturated carbocycles. The molecule has 2 aliphatic rings. The van der Waals surface area contributed by atoms with Crippen molar-refractivity contribution >= 4 is 23.1 Å². The van der Waals surface area contributed by atoms with E-state index in [2.05, 4.69) is 10.6 Å². The number of benzene rings is 1. The molecule has 3 rings (SSSR count). The first-order valence-corrected chi connectivity index (χ1v) is 7.07. The van der Waals surface area contributed by atoms with Gasteiger partial charge in [-0.25, -0.2) is 0 Å². The minimum atomic E-state index is -0.179. The molecule has 0 amide bonds. The monoisotopic (exact) mass is 288 g/mol. The Morgan fingerprint density at radius 2 is 2.20 bits per heavy atom. The zero-order valence-electron chi connectivity index (χ0n) is 11.2. The molecule has 5 heteroatoms. The lowest BCUT2D eigenvalue weighted by Gasteiger charge is -2.33. The summed E-state index contributed by atoms with van der Waals surface area (Å²) in [6, 6.07) is 7.57. The van der Waals surface area contributed by atoms with E-state index < -0.39 is 0 Å². The van der Waals surface area contributed by atoms with Gasteiger partial charge in [-0.1, -0.05) is 12.1 Å². The summed E-state index contributed by atoms with van der Waals surface area (Å²) in [5.41, 5.74) is 2.78. The Kier molecular flexibility index (Phi) is 3.44. The molecular weight excluding hydrogens is 272 g/mol. The molecule has 0 bridgehead atoms. The van der Waals surface area contributed by atoms with Gasteiger partial charge in [0.2, 0.25) is 0 Å². The van der Waals surface area contributed by atoms with E-state index in [9.17, 15) is 4.79 Å². The van der Waals surface area contributed by atoms with Crippen LogP contribution in [0.25, 0.3) is 0 Å². The van der Waals surface area contributed by atoms with Gasteiger partial charge in [0.05, 0.1) is 13.2 Å². The molecule has 1 aromatic rings. The van der Waals surface area contributed by atoms with Crippen LogP contribution in [0.5, 0.6) is 5.75 Å². The fourth-order valence-corrected chi connectivity index (χ4v) is 3.02. The van der Waals surface area contributed by atoms with Crippen molar-refractivity contribution in [2.24, 2.45) is 0 Å². The first-order valence-electron chi connectivity index (χ1n) is 6.67. The molecule has 1 aliphatic heterocycles. The summed E-state index contributed by atoms with van der Waals surface area (Å²) in [6.07, 6.45) is 2.37. The Hall–Kier alpha value is -1.88. The maximum Gasteiger partial charge on any atom is 0.171 e. The van der Waals surface area contributed by atoms with E-state index in [-0.39, 0.29) is 11.8 Å². The maximum atomic E-state index is 12.3. The quantitative estimate of drug-likeness (QED) is 0.817. The van der Waals surface area contributed by atoms with Crippen LogP contribution in [0.2, 0.25) is 0 Å². The highest BCUT2D eigenvalue weighted by Gasteiger charge is 2.33.